The van der Waals surface area contributed by atoms with Gasteiger partial charge in [-0.3, -0.25) is 9.97 Å². The fourth-order valence-corrected chi connectivity index (χ4v) is 4.96. The van der Waals surface area contributed by atoms with Crippen LogP contribution in [0, 0.1) is 0 Å². The molecule has 4 aromatic heterocycles. The Morgan fingerprint density at radius 1 is 0.368 bits per heavy atom. The van der Waals surface area contributed by atoms with E-state index in [9.17, 15) is 0 Å². The van der Waals surface area contributed by atoms with Crippen LogP contribution in [0.15, 0.2) is 134 Å². The molecule has 0 radical (unpaired) electrons. The summed E-state index contributed by atoms with van der Waals surface area (Å²) in [5.74, 6) is 0. The lowest BCUT2D eigenvalue weighted by Crippen LogP contribution is -1.96. The second-order valence-corrected chi connectivity index (χ2v) is 9.13. The molecule has 0 aliphatic rings. The maximum Gasteiger partial charge on any atom is 0.0979 e. The molecule has 0 spiro atoms. The summed E-state index contributed by atoms with van der Waals surface area (Å²) in [6, 6.07) is 41.1. The summed E-state index contributed by atoms with van der Waals surface area (Å²) in [4.78, 5) is 19.8. The molecule has 0 N–H and O–H groups in total. The third kappa shape index (κ3) is 3.89. The van der Waals surface area contributed by atoms with E-state index in [1.165, 1.54) is 0 Å². The summed E-state index contributed by atoms with van der Waals surface area (Å²) in [6.45, 7) is 0. The van der Waals surface area contributed by atoms with E-state index in [0.717, 1.165) is 66.8 Å². The summed E-state index contributed by atoms with van der Waals surface area (Å²) in [7, 11) is 0. The molecule has 7 rings (SSSR count). The smallest absolute Gasteiger partial charge is 0.0979 e. The van der Waals surface area contributed by atoms with Gasteiger partial charge in [0.1, 0.15) is 0 Å². The van der Waals surface area contributed by atoms with Crippen molar-refractivity contribution in [2.24, 2.45) is 0 Å². The van der Waals surface area contributed by atoms with Crippen LogP contribution in [-0.2, 0) is 0 Å². The Balaban J connectivity index is 1.62. The molecule has 0 atom stereocenters. The molecule has 3 aromatic carbocycles. The Hall–Kier alpha value is -5.22. The zero-order chi connectivity index (χ0) is 25.3. The molecule has 178 valence electrons. The van der Waals surface area contributed by atoms with Crippen LogP contribution in [-0.4, -0.2) is 19.9 Å². The normalized spacial score (nSPS) is 11.2. The second-order valence-electron chi connectivity index (χ2n) is 9.13. The highest BCUT2D eigenvalue weighted by atomic mass is 14.8. The van der Waals surface area contributed by atoms with Crippen LogP contribution >= 0.6 is 0 Å². The minimum Gasteiger partial charge on any atom is -0.256 e. The van der Waals surface area contributed by atoms with Crippen molar-refractivity contribution in [1.29, 1.82) is 0 Å². The van der Waals surface area contributed by atoms with Crippen molar-refractivity contribution in [2.75, 3.05) is 0 Å². The van der Waals surface area contributed by atoms with E-state index in [-0.39, 0.29) is 0 Å². The van der Waals surface area contributed by atoms with E-state index in [0.29, 0.717) is 0 Å². The highest BCUT2D eigenvalue weighted by Crippen LogP contribution is 2.38. The predicted molar refractivity (Wildman–Crippen MR) is 154 cm³/mol. The SMILES string of the molecule is c1ccc(-c2cc(-c3ccccn3)c3ccc4c(-c5ccccn5)cc(-c5ccccc5)nc4c3n2)cc1. The minimum absolute atomic E-state index is 0.847. The zero-order valence-corrected chi connectivity index (χ0v) is 20.5. The lowest BCUT2D eigenvalue weighted by molar-refractivity contribution is 1.31. The Bertz CT molecular complexity index is 1740. The highest BCUT2D eigenvalue weighted by Gasteiger charge is 2.17. The average molecular weight is 487 g/mol. The quantitative estimate of drug-likeness (QED) is 0.235. The molecule has 0 aliphatic heterocycles. The predicted octanol–water partition coefficient (Wildman–Crippen LogP) is 8.24. The van der Waals surface area contributed by atoms with E-state index in [1.54, 1.807) is 0 Å². The summed E-state index contributed by atoms with van der Waals surface area (Å²) < 4.78 is 0. The molecule has 0 unspecified atom stereocenters. The molecule has 0 fully saturated rings. The van der Waals surface area contributed by atoms with Gasteiger partial charge in [-0.25, -0.2) is 9.97 Å². The number of hydrogen-bond donors (Lipinski definition) is 0. The van der Waals surface area contributed by atoms with Crippen molar-refractivity contribution in [3.63, 3.8) is 0 Å². The van der Waals surface area contributed by atoms with Gasteiger partial charge in [0.2, 0.25) is 0 Å². The summed E-state index contributed by atoms with van der Waals surface area (Å²) in [5, 5.41) is 2.03. The third-order valence-electron chi connectivity index (χ3n) is 6.78. The standard InChI is InChI=1S/C34H22N4/c1-3-11-23(12-4-1)31-21-27(29-15-7-9-19-35-29)25-17-18-26-28(30-16-8-10-20-36-30)22-32(24-13-5-2-6-14-24)38-34(26)33(25)37-31/h1-22H. The van der Waals surface area contributed by atoms with Crippen LogP contribution in [0.3, 0.4) is 0 Å². The number of benzene rings is 3. The van der Waals surface area contributed by atoms with Crippen LogP contribution in [0.25, 0.3) is 66.8 Å². The van der Waals surface area contributed by atoms with Gasteiger partial charge >= 0.3 is 0 Å². The number of hydrogen-bond acceptors (Lipinski definition) is 4. The van der Waals surface area contributed by atoms with E-state index in [2.05, 4.69) is 58.5 Å². The van der Waals surface area contributed by atoms with Crippen molar-refractivity contribution in [3.05, 3.63) is 134 Å². The van der Waals surface area contributed by atoms with Crippen molar-refractivity contribution >= 4 is 21.8 Å². The molecule has 4 heteroatoms. The van der Waals surface area contributed by atoms with Gasteiger partial charge in [-0.05, 0) is 36.4 Å². The molecule has 0 saturated carbocycles. The first-order valence-corrected chi connectivity index (χ1v) is 12.6. The van der Waals surface area contributed by atoms with Crippen LogP contribution in [0.2, 0.25) is 0 Å². The minimum atomic E-state index is 0.847. The van der Waals surface area contributed by atoms with E-state index >= 15 is 0 Å². The fourth-order valence-electron chi connectivity index (χ4n) is 4.96. The van der Waals surface area contributed by atoms with Gasteiger partial charge in [-0.1, -0.05) is 84.9 Å². The van der Waals surface area contributed by atoms with Crippen molar-refractivity contribution < 1.29 is 0 Å². The molecule has 4 heterocycles. The largest absolute Gasteiger partial charge is 0.256 e. The van der Waals surface area contributed by atoms with Crippen LogP contribution in [0.5, 0.6) is 0 Å². The summed E-state index contributed by atoms with van der Waals surface area (Å²) in [5.41, 5.74) is 9.43. The molecule has 0 bridgehead atoms. The Morgan fingerprint density at radius 3 is 1.18 bits per heavy atom. The molecule has 0 aliphatic carbocycles. The number of fused-ring (bicyclic) bond motifs is 3. The van der Waals surface area contributed by atoms with Gasteiger partial charge in [-0.15, -0.1) is 0 Å². The number of rotatable bonds is 4. The molecular formula is C34H22N4. The van der Waals surface area contributed by atoms with Gasteiger partial charge in [0.05, 0.1) is 33.8 Å². The first-order chi connectivity index (χ1) is 18.8. The monoisotopic (exact) mass is 486 g/mol. The van der Waals surface area contributed by atoms with E-state index < -0.39 is 0 Å². The van der Waals surface area contributed by atoms with Gasteiger partial charge in [0, 0.05) is 45.4 Å². The molecule has 38 heavy (non-hydrogen) atoms. The fraction of sp³-hybridized carbons (Fsp3) is 0. The number of aromatic nitrogens is 4. The number of nitrogens with zero attached hydrogens (tertiary/aromatic N) is 4. The highest BCUT2D eigenvalue weighted by molar-refractivity contribution is 6.12. The molecule has 7 aromatic rings. The Labute approximate surface area is 220 Å². The average Bonchev–Trinajstić information content (AvgIpc) is 3.01. The van der Waals surface area contributed by atoms with Gasteiger partial charge < -0.3 is 0 Å². The summed E-state index contributed by atoms with van der Waals surface area (Å²) in [6.07, 6.45) is 3.66. The van der Waals surface area contributed by atoms with Gasteiger partial charge in [0.25, 0.3) is 0 Å². The lowest BCUT2D eigenvalue weighted by atomic mass is 9.96. The third-order valence-corrected chi connectivity index (χ3v) is 6.78. The van der Waals surface area contributed by atoms with Crippen molar-refractivity contribution in [1.82, 2.24) is 19.9 Å². The lowest BCUT2D eigenvalue weighted by Gasteiger charge is -2.14. The van der Waals surface area contributed by atoms with Crippen LogP contribution < -0.4 is 0 Å². The number of pyridine rings is 4. The second kappa shape index (κ2) is 9.34. The first kappa shape index (κ1) is 22.0. The van der Waals surface area contributed by atoms with Crippen molar-refractivity contribution in [2.45, 2.75) is 0 Å². The first-order valence-electron chi connectivity index (χ1n) is 12.6. The van der Waals surface area contributed by atoms with E-state index in [4.69, 9.17) is 9.97 Å². The molecule has 0 saturated heterocycles. The maximum absolute atomic E-state index is 5.22. The Kier molecular flexibility index (Phi) is 5.41. The van der Waals surface area contributed by atoms with Crippen LogP contribution in [0.1, 0.15) is 0 Å². The molecular weight excluding hydrogens is 464 g/mol. The van der Waals surface area contributed by atoms with Crippen LogP contribution in [0.4, 0.5) is 0 Å². The zero-order valence-electron chi connectivity index (χ0n) is 20.5. The summed E-state index contributed by atoms with van der Waals surface area (Å²) >= 11 is 0. The van der Waals surface area contributed by atoms with Gasteiger partial charge in [-0.2, -0.15) is 0 Å². The molecule has 0 amide bonds. The Morgan fingerprint density at radius 2 is 0.789 bits per heavy atom. The van der Waals surface area contributed by atoms with Crippen molar-refractivity contribution in [3.8, 4) is 45.0 Å². The van der Waals surface area contributed by atoms with E-state index in [1.807, 2.05) is 85.2 Å². The maximum atomic E-state index is 5.22. The molecule has 4 nitrogen and oxygen atoms in total. The topological polar surface area (TPSA) is 51.6 Å². The van der Waals surface area contributed by atoms with Gasteiger partial charge in [0.15, 0.2) is 0 Å².